The van der Waals surface area contributed by atoms with Crippen molar-refractivity contribution < 1.29 is 13.2 Å². The maximum Gasteiger partial charge on any atom is 0.416 e. The monoisotopic (exact) mass is 289 g/mol. The summed E-state index contributed by atoms with van der Waals surface area (Å²) in [7, 11) is 0. The van der Waals surface area contributed by atoms with Gasteiger partial charge in [-0.25, -0.2) is 4.68 Å². The van der Waals surface area contributed by atoms with E-state index in [0.717, 1.165) is 6.07 Å². The fourth-order valence-electron chi connectivity index (χ4n) is 1.75. The summed E-state index contributed by atoms with van der Waals surface area (Å²) in [6.07, 6.45) is -2.94. The number of nitrogens with two attached hydrogens (primary N) is 1. The van der Waals surface area contributed by atoms with Crippen LogP contribution in [0.1, 0.15) is 16.7 Å². The fourth-order valence-corrected chi connectivity index (χ4v) is 1.98. The molecule has 0 amide bonds. The molecule has 1 aromatic carbocycles. The molecule has 0 bridgehead atoms. The standard InChI is InChI=1S/C12H11ClF3N3/c13-11-9(5-17)6-18-19(11)7-8-3-1-2-4-10(8)12(14,15)16/h1-4,6H,5,7,17H2. The first-order chi connectivity index (χ1) is 8.93. The Hall–Kier alpha value is -1.53. The Kier molecular flexibility index (Phi) is 3.82. The van der Waals surface area contributed by atoms with Crippen molar-refractivity contribution in [1.82, 2.24) is 9.78 Å². The highest BCUT2D eigenvalue weighted by atomic mass is 35.5. The van der Waals surface area contributed by atoms with Gasteiger partial charge in [0.05, 0.1) is 18.3 Å². The Bertz CT molecular complexity index is 578. The van der Waals surface area contributed by atoms with E-state index >= 15 is 0 Å². The summed E-state index contributed by atoms with van der Waals surface area (Å²) in [6.45, 7) is 0.147. The van der Waals surface area contributed by atoms with Crippen LogP contribution in [0.2, 0.25) is 5.15 Å². The first-order valence-corrected chi connectivity index (χ1v) is 5.86. The molecule has 1 heterocycles. The summed E-state index contributed by atoms with van der Waals surface area (Å²) < 4.78 is 39.8. The molecule has 0 aliphatic heterocycles. The highest BCUT2D eigenvalue weighted by Crippen LogP contribution is 2.32. The molecule has 0 saturated heterocycles. The van der Waals surface area contributed by atoms with E-state index in [-0.39, 0.29) is 23.8 Å². The largest absolute Gasteiger partial charge is 0.416 e. The maximum atomic E-state index is 12.8. The quantitative estimate of drug-likeness (QED) is 0.944. The summed E-state index contributed by atoms with van der Waals surface area (Å²) in [5.74, 6) is 0. The van der Waals surface area contributed by atoms with E-state index in [1.54, 1.807) is 6.07 Å². The van der Waals surface area contributed by atoms with Crippen LogP contribution in [0.4, 0.5) is 13.2 Å². The average Bonchev–Trinajstić information content (AvgIpc) is 2.70. The highest BCUT2D eigenvalue weighted by molar-refractivity contribution is 6.30. The zero-order valence-corrected chi connectivity index (χ0v) is 10.5. The summed E-state index contributed by atoms with van der Waals surface area (Å²) >= 11 is 5.98. The third kappa shape index (κ3) is 2.90. The van der Waals surface area contributed by atoms with Crippen molar-refractivity contribution in [2.45, 2.75) is 19.3 Å². The molecule has 3 nitrogen and oxygen atoms in total. The van der Waals surface area contributed by atoms with Crippen LogP contribution in [0.3, 0.4) is 0 Å². The number of rotatable bonds is 3. The van der Waals surface area contributed by atoms with Gasteiger partial charge in [0.25, 0.3) is 0 Å². The van der Waals surface area contributed by atoms with Crippen LogP contribution >= 0.6 is 11.6 Å². The minimum atomic E-state index is -4.40. The van der Waals surface area contributed by atoms with E-state index in [9.17, 15) is 13.2 Å². The topological polar surface area (TPSA) is 43.8 Å². The van der Waals surface area contributed by atoms with Crippen molar-refractivity contribution in [1.29, 1.82) is 0 Å². The number of aromatic nitrogens is 2. The van der Waals surface area contributed by atoms with Crippen molar-refractivity contribution in [2.75, 3.05) is 0 Å². The molecule has 2 aromatic rings. The Labute approximate surface area is 112 Å². The Morgan fingerprint density at radius 2 is 1.89 bits per heavy atom. The second-order valence-electron chi connectivity index (χ2n) is 3.98. The third-order valence-electron chi connectivity index (χ3n) is 2.71. The van der Waals surface area contributed by atoms with Gasteiger partial charge >= 0.3 is 6.18 Å². The van der Waals surface area contributed by atoms with Crippen LogP contribution in [0.25, 0.3) is 0 Å². The van der Waals surface area contributed by atoms with E-state index < -0.39 is 11.7 Å². The molecule has 0 saturated carbocycles. The van der Waals surface area contributed by atoms with E-state index in [2.05, 4.69) is 5.10 Å². The fraction of sp³-hybridized carbons (Fsp3) is 0.250. The molecule has 0 atom stereocenters. The van der Waals surface area contributed by atoms with Crippen LogP contribution in [0.15, 0.2) is 30.5 Å². The van der Waals surface area contributed by atoms with Crippen LogP contribution in [0.5, 0.6) is 0 Å². The molecule has 0 radical (unpaired) electrons. The summed E-state index contributed by atoms with van der Waals surface area (Å²) in [5.41, 5.74) is 5.47. The summed E-state index contributed by atoms with van der Waals surface area (Å²) in [4.78, 5) is 0. The Balaban J connectivity index is 2.36. The SMILES string of the molecule is NCc1cnn(Cc2ccccc2C(F)(F)F)c1Cl. The van der Waals surface area contributed by atoms with Crippen molar-refractivity contribution in [3.63, 3.8) is 0 Å². The first-order valence-electron chi connectivity index (χ1n) is 5.49. The molecule has 1 aromatic heterocycles. The van der Waals surface area contributed by atoms with E-state index in [1.807, 2.05) is 0 Å². The molecule has 0 spiro atoms. The first kappa shape index (κ1) is 13.9. The molecule has 102 valence electrons. The lowest BCUT2D eigenvalue weighted by atomic mass is 10.1. The van der Waals surface area contributed by atoms with Gasteiger partial charge in [-0.15, -0.1) is 0 Å². The van der Waals surface area contributed by atoms with E-state index in [4.69, 9.17) is 17.3 Å². The Morgan fingerprint density at radius 1 is 1.21 bits per heavy atom. The number of hydrogen-bond donors (Lipinski definition) is 1. The van der Waals surface area contributed by atoms with Crippen molar-refractivity contribution in [3.8, 4) is 0 Å². The summed E-state index contributed by atoms with van der Waals surface area (Å²) in [5, 5.41) is 4.21. The molecule has 0 aliphatic carbocycles. The van der Waals surface area contributed by atoms with Crippen LogP contribution in [-0.4, -0.2) is 9.78 Å². The lowest BCUT2D eigenvalue weighted by molar-refractivity contribution is -0.138. The molecule has 0 fully saturated rings. The van der Waals surface area contributed by atoms with Crippen LogP contribution in [-0.2, 0) is 19.3 Å². The van der Waals surface area contributed by atoms with Gasteiger partial charge in [-0.3, -0.25) is 0 Å². The number of hydrogen-bond acceptors (Lipinski definition) is 2. The second-order valence-corrected chi connectivity index (χ2v) is 4.34. The number of nitrogens with zero attached hydrogens (tertiary/aromatic N) is 2. The highest BCUT2D eigenvalue weighted by Gasteiger charge is 2.33. The molecule has 0 unspecified atom stereocenters. The van der Waals surface area contributed by atoms with Crippen LogP contribution < -0.4 is 5.73 Å². The molecule has 7 heteroatoms. The lowest BCUT2D eigenvalue weighted by Gasteiger charge is -2.13. The van der Waals surface area contributed by atoms with Gasteiger partial charge in [-0.05, 0) is 11.6 Å². The van der Waals surface area contributed by atoms with Crippen molar-refractivity contribution >= 4 is 11.6 Å². The zero-order chi connectivity index (χ0) is 14.0. The molecular formula is C12H11ClF3N3. The number of alkyl halides is 3. The van der Waals surface area contributed by atoms with Gasteiger partial charge < -0.3 is 5.73 Å². The number of halogens is 4. The predicted molar refractivity (Wildman–Crippen MR) is 65.7 cm³/mol. The van der Waals surface area contributed by atoms with Crippen molar-refractivity contribution in [3.05, 3.63) is 52.3 Å². The van der Waals surface area contributed by atoms with Crippen LogP contribution in [0, 0.1) is 0 Å². The summed E-state index contributed by atoms with van der Waals surface area (Å²) in [6, 6.07) is 5.34. The zero-order valence-electron chi connectivity index (χ0n) is 9.78. The lowest BCUT2D eigenvalue weighted by Crippen LogP contribution is -2.12. The molecule has 0 aliphatic rings. The smallest absolute Gasteiger partial charge is 0.326 e. The Morgan fingerprint density at radius 3 is 2.47 bits per heavy atom. The maximum absolute atomic E-state index is 12.8. The van der Waals surface area contributed by atoms with Gasteiger partial charge in [-0.2, -0.15) is 18.3 Å². The minimum absolute atomic E-state index is 0.0471. The van der Waals surface area contributed by atoms with Gasteiger partial charge in [0.2, 0.25) is 0 Å². The minimum Gasteiger partial charge on any atom is -0.326 e. The number of benzene rings is 1. The van der Waals surface area contributed by atoms with E-state index in [1.165, 1.54) is 23.0 Å². The second kappa shape index (κ2) is 5.22. The molecular weight excluding hydrogens is 279 g/mol. The van der Waals surface area contributed by atoms with Crippen molar-refractivity contribution in [2.24, 2.45) is 5.73 Å². The van der Waals surface area contributed by atoms with E-state index in [0.29, 0.717) is 5.56 Å². The van der Waals surface area contributed by atoms with Gasteiger partial charge in [0, 0.05) is 12.1 Å². The molecule has 2 rings (SSSR count). The predicted octanol–water partition coefficient (Wildman–Crippen LogP) is 3.06. The van der Waals surface area contributed by atoms with Gasteiger partial charge in [-0.1, -0.05) is 29.8 Å². The van der Waals surface area contributed by atoms with Gasteiger partial charge in [0.1, 0.15) is 5.15 Å². The molecule has 19 heavy (non-hydrogen) atoms. The molecule has 2 N–H and O–H groups in total. The third-order valence-corrected chi connectivity index (χ3v) is 3.15. The normalized spacial score (nSPS) is 11.8. The average molecular weight is 290 g/mol. The van der Waals surface area contributed by atoms with Gasteiger partial charge in [0.15, 0.2) is 0 Å².